The maximum atomic E-state index is 17.3. The van der Waals surface area contributed by atoms with Crippen molar-refractivity contribution in [1.82, 2.24) is 24.8 Å². The largest absolute Gasteiger partial charge is 0.475 e. The number of nitrogens with two attached hydrogens (primary N) is 2. The molecule has 0 amide bonds. The molecule has 0 saturated carbocycles. The van der Waals surface area contributed by atoms with Crippen molar-refractivity contribution < 1.29 is 18.3 Å². The fourth-order valence-corrected chi connectivity index (χ4v) is 8.60. The van der Waals surface area contributed by atoms with Crippen LogP contribution in [0.2, 0.25) is 0 Å². The second kappa shape index (κ2) is 13.3. The number of hydrogen-bond acceptors (Lipinski definition) is 11. The minimum absolute atomic E-state index is 0.00173. The number of hydrazine groups is 1. The lowest BCUT2D eigenvalue weighted by molar-refractivity contribution is 0.107. The van der Waals surface area contributed by atoms with Crippen molar-refractivity contribution in [2.24, 2.45) is 11.8 Å². The average molecular weight is 706 g/mol. The smallest absolute Gasteiger partial charge is 0.319 e. The predicted octanol–water partition coefficient (Wildman–Crippen LogP) is 6.01. The number of hydrogen-bond donors (Lipinski definition) is 2. The summed E-state index contributed by atoms with van der Waals surface area (Å²) in [6, 6.07) is 5.28. The van der Waals surface area contributed by atoms with Gasteiger partial charge in [0.25, 0.3) is 0 Å². The summed E-state index contributed by atoms with van der Waals surface area (Å²) in [7, 11) is 2.43. The van der Waals surface area contributed by atoms with Gasteiger partial charge >= 0.3 is 6.01 Å². The quantitative estimate of drug-likeness (QED) is 0.121. The van der Waals surface area contributed by atoms with Gasteiger partial charge in [0, 0.05) is 30.3 Å². The van der Waals surface area contributed by atoms with Crippen LogP contribution in [0.25, 0.3) is 22.2 Å². The Balaban J connectivity index is 1.43. The van der Waals surface area contributed by atoms with E-state index in [1.807, 2.05) is 37.8 Å². The number of pyridine rings is 2. The molecule has 3 aliphatic heterocycles. The first kappa shape index (κ1) is 34.5. The van der Waals surface area contributed by atoms with E-state index in [0.29, 0.717) is 52.9 Å². The van der Waals surface area contributed by atoms with E-state index in [1.165, 1.54) is 11.7 Å². The first-order valence-corrected chi connectivity index (χ1v) is 17.9. The molecule has 266 valence electrons. The van der Waals surface area contributed by atoms with Crippen LogP contribution in [0.4, 0.5) is 26.1 Å². The number of alkyl halides is 1. The molecule has 4 unspecified atom stereocenters. The summed E-state index contributed by atoms with van der Waals surface area (Å²) in [5, 5.41) is 0.330. The first-order valence-electron chi connectivity index (χ1n) is 17.3. The van der Waals surface area contributed by atoms with Crippen LogP contribution in [0, 0.1) is 25.6 Å². The summed E-state index contributed by atoms with van der Waals surface area (Å²) in [6.07, 6.45) is 3.69. The highest BCUT2D eigenvalue weighted by Crippen LogP contribution is 2.45. The van der Waals surface area contributed by atoms with E-state index in [2.05, 4.69) is 26.2 Å². The summed E-state index contributed by atoms with van der Waals surface area (Å²) in [5.74, 6) is 7.08. The fraction of sp³-hybridized carbons (Fsp3) is 0.500. The standard InChI is InChI=1S/C36H46F2N9O2P/c1-19-16-36(9-7-11-45(36)17-19)18-49-35-43-31-28-33(44-35)46(23(5)24-8-6-10-41-32(24)39)12-13-48-34(28)42-30(29(31)38)26-15-27(47(40)50)22(4)21(3)25(26)14-20(2)37/h6,8,10,15,19-20,23H,7,9,11-14,16-18,40,50H2,1-5H3,(H2,39,41)/t19?,20?,23?,36-/m0/s1. The van der Waals surface area contributed by atoms with Crippen LogP contribution in [0.5, 0.6) is 11.9 Å². The highest BCUT2D eigenvalue weighted by Gasteiger charge is 2.48. The fourth-order valence-electron chi connectivity index (χ4n) is 8.33. The van der Waals surface area contributed by atoms with Crippen molar-refractivity contribution in [1.29, 1.82) is 0 Å². The number of rotatable bonds is 9. The topological polar surface area (TPSA) is 132 Å². The number of nitrogens with zero attached hydrogens (tertiary/aromatic N) is 7. The van der Waals surface area contributed by atoms with Gasteiger partial charge in [0.15, 0.2) is 5.82 Å². The van der Waals surface area contributed by atoms with Crippen molar-refractivity contribution in [2.75, 3.05) is 48.3 Å². The van der Waals surface area contributed by atoms with Gasteiger partial charge in [0.2, 0.25) is 5.88 Å². The van der Waals surface area contributed by atoms with E-state index in [4.69, 9.17) is 36.0 Å². The second-order valence-corrected chi connectivity index (χ2v) is 14.8. The molecule has 4 aromatic rings. The molecule has 3 aromatic heterocycles. The molecule has 7 rings (SSSR count). The molecule has 0 spiro atoms. The number of ether oxygens (including phenoxy) is 2. The second-order valence-electron chi connectivity index (χ2n) is 14.3. The van der Waals surface area contributed by atoms with E-state index in [-0.39, 0.29) is 47.7 Å². The Kier molecular flexibility index (Phi) is 9.19. The van der Waals surface area contributed by atoms with Crippen LogP contribution in [0.3, 0.4) is 0 Å². The highest BCUT2D eigenvalue weighted by molar-refractivity contribution is 7.18. The van der Waals surface area contributed by atoms with Gasteiger partial charge < -0.3 is 20.1 Å². The molecule has 0 aliphatic carbocycles. The number of fused-ring (bicyclic) bond motifs is 1. The molecule has 11 nitrogen and oxygen atoms in total. The molecular weight excluding hydrogens is 659 g/mol. The Hall–Kier alpha value is -3.93. The molecule has 4 N–H and O–H groups in total. The predicted molar refractivity (Wildman–Crippen MR) is 196 cm³/mol. The Bertz CT molecular complexity index is 1950. The molecule has 3 aliphatic rings. The zero-order valence-corrected chi connectivity index (χ0v) is 30.5. The number of benzene rings is 1. The molecule has 2 fully saturated rings. The van der Waals surface area contributed by atoms with Gasteiger partial charge in [-0.2, -0.15) is 9.97 Å². The molecule has 2 saturated heterocycles. The van der Waals surface area contributed by atoms with Crippen LogP contribution < -0.4 is 30.7 Å². The number of nitrogen functional groups attached to an aromatic ring is 1. The van der Waals surface area contributed by atoms with E-state index < -0.39 is 12.0 Å². The third kappa shape index (κ3) is 5.96. The maximum absolute atomic E-state index is 17.3. The lowest BCUT2D eigenvalue weighted by Gasteiger charge is -2.32. The average Bonchev–Trinajstić information content (AvgIpc) is 3.53. The first-order chi connectivity index (χ1) is 23.9. The Morgan fingerprint density at radius 1 is 1.20 bits per heavy atom. The van der Waals surface area contributed by atoms with Crippen LogP contribution in [-0.4, -0.2) is 69.4 Å². The van der Waals surface area contributed by atoms with E-state index in [9.17, 15) is 4.39 Å². The van der Waals surface area contributed by atoms with Crippen molar-refractivity contribution in [3.8, 4) is 23.1 Å². The molecule has 0 radical (unpaired) electrons. The van der Waals surface area contributed by atoms with Gasteiger partial charge in [-0.3, -0.25) is 9.68 Å². The molecule has 50 heavy (non-hydrogen) atoms. The van der Waals surface area contributed by atoms with E-state index in [0.717, 1.165) is 49.0 Å². The zero-order valence-electron chi connectivity index (χ0n) is 29.3. The van der Waals surface area contributed by atoms with Crippen molar-refractivity contribution in [3.63, 3.8) is 0 Å². The molecule has 1 aromatic carbocycles. The monoisotopic (exact) mass is 705 g/mol. The number of halogens is 2. The minimum atomic E-state index is -1.18. The van der Waals surface area contributed by atoms with Crippen LogP contribution in [0.1, 0.15) is 68.3 Å². The summed E-state index contributed by atoms with van der Waals surface area (Å²) < 4.78 is 46.2. The van der Waals surface area contributed by atoms with Gasteiger partial charge in [-0.15, -0.1) is 0 Å². The van der Waals surface area contributed by atoms with Crippen molar-refractivity contribution in [3.05, 3.63) is 52.5 Å². The third-order valence-electron chi connectivity index (χ3n) is 10.8. The number of anilines is 3. The van der Waals surface area contributed by atoms with Crippen molar-refractivity contribution in [2.45, 2.75) is 78.1 Å². The summed E-state index contributed by atoms with van der Waals surface area (Å²) >= 11 is 0. The Morgan fingerprint density at radius 3 is 2.74 bits per heavy atom. The summed E-state index contributed by atoms with van der Waals surface area (Å²) in [5.41, 5.74) is 10.4. The SMILES string of the molecule is Cc1c(N(N)P)cc(-c2nc3c4c(nc(OC[C@@]56CCCN5CC(C)C6)nc4c2F)N(C(C)c2cccnc2N)CCO3)c(CC(C)F)c1C. The molecular formula is C36H46F2N9O2P. The summed E-state index contributed by atoms with van der Waals surface area (Å²) in [4.78, 5) is 23.3. The van der Waals surface area contributed by atoms with E-state index >= 15 is 4.39 Å². The Labute approximate surface area is 294 Å². The highest BCUT2D eigenvalue weighted by atomic mass is 31.0. The van der Waals surface area contributed by atoms with Crippen molar-refractivity contribution >= 4 is 37.6 Å². The zero-order chi connectivity index (χ0) is 35.5. The van der Waals surface area contributed by atoms with E-state index in [1.54, 1.807) is 12.3 Å². The van der Waals surface area contributed by atoms with Gasteiger partial charge in [-0.05, 0) is 97.6 Å². The normalized spacial score (nSPS) is 21.5. The lowest BCUT2D eigenvalue weighted by Crippen LogP contribution is -2.43. The minimum Gasteiger partial charge on any atom is -0.475 e. The van der Waals surface area contributed by atoms with Crippen LogP contribution in [0.15, 0.2) is 24.4 Å². The number of aromatic nitrogens is 4. The maximum Gasteiger partial charge on any atom is 0.319 e. The third-order valence-corrected chi connectivity index (χ3v) is 11.1. The van der Waals surface area contributed by atoms with Gasteiger partial charge in [-0.1, -0.05) is 13.0 Å². The molecule has 14 heteroatoms. The molecule has 0 bridgehead atoms. The van der Waals surface area contributed by atoms with Gasteiger partial charge in [-0.25, -0.2) is 24.6 Å². The van der Waals surface area contributed by atoms with Crippen LogP contribution >= 0.6 is 9.39 Å². The van der Waals surface area contributed by atoms with Crippen LogP contribution in [-0.2, 0) is 6.42 Å². The Morgan fingerprint density at radius 2 is 2.00 bits per heavy atom. The molecule has 6 heterocycles. The van der Waals surface area contributed by atoms with Gasteiger partial charge in [0.1, 0.15) is 47.6 Å². The molecule has 5 atom stereocenters. The summed E-state index contributed by atoms with van der Waals surface area (Å²) in [6.45, 7) is 12.7. The lowest BCUT2D eigenvalue weighted by atomic mass is 9.90. The van der Waals surface area contributed by atoms with Gasteiger partial charge in [0.05, 0.1) is 23.8 Å².